The highest BCUT2D eigenvalue weighted by Crippen LogP contribution is 2.22. The van der Waals surface area contributed by atoms with Gasteiger partial charge in [0.15, 0.2) is 5.78 Å². The zero-order valence-corrected chi connectivity index (χ0v) is 13.0. The number of anilines is 1. The predicted molar refractivity (Wildman–Crippen MR) is 87.8 cm³/mol. The molecule has 2 rings (SSSR count). The third kappa shape index (κ3) is 4.22. The van der Waals surface area contributed by atoms with Gasteiger partial charge in [-0.3, -0.25) is 4.79 Å². The first-order valence-electron chi connectivity index (χ1n) is 6.05. The molecule has 0 fully saturated rings. The van der Waals surface area contributed by atoms with E-state index in [2.05, 4.69) is 15.9 Å². The van der Waals surface area contributed by atoms with Crippen molar-refractivity contribution in [1.29, 1.82) is 0 Å². The number of hydrogen-bond acceptors (Lipinski definition) is 2. The molecule has 0 aliphatic carbocycles. The van der Waals surface area contributed by atoms with Gasteiger partial charge >= 0.3 is 0 Å². The summed E-state index contributed by atoms with van der Waals surface area (Å²) in [4.78, 5) is 11.9. The van der Waals surface area contributed by atoms with Crippen molar-refractivity contribution in [3.05, 3.63) is 69.2 Å². The molecular weight excluding hydrogens is 338 g/mol. The summed E-state index contributed by atoms with van der Waals surface area (Å²) in [6.45, 7) is 0. The standard InChI is InChI=1S/C16H13BrClNO/c17-13-5-4-12(16(18)10-13)9-15(20)8-3-11-1-6-14(19)7-2-11/h1-8,10H,9,19H2/b8-3+. The van der Waals surface area contributed by atoms with Crippen LogP contribution in [0.3, 0.4) is 0 Å². The van der Waals surface area contributed by atoms with E-state index in [-0.39, 0.29) is 12.2 Å². The van der Waals surface area contributed by atoms with E-state index in [0.29, 0.717) is 10.7 Å². The van der Waals surface area contributed by atoms with E-state index in [1.54, 1.807) is 30.4 Å². The molecule has 2 aromatic rings. The van der Waals surface area contributed by atoms with Crippen LogP contribution in [0.15, 0.2) is 53.0 Å². The lowest BCUT2D eigenvalue weighted by Crippen LogP contribution is -1.99. The van der Waals surface area contributed by atoms with Crippen molar-refractivity contribution < 1.29 is 4.79 Å². The first-order chi connectivity index (χ1) is 9.54. The van der Waals surface area contributed by atoms with Crippen LogP contribution in [0.4, 0.5) is 5.69 Å². The molecule has 102 valence electrons. The molecule has 2 N–H and O–H groups in total. The lowest BCUT2D eigenvalue weighted by molar-refractivity contribution is -0.113. The average molecular weight is 351 g/mol. The van der Waals surface area contributed by atoms with E-state index < -0.39 is 0 Å². The second kappa shape index (κ2) is 6.73. The van der Waals surface area contributed by atoms with Gasteiger partial charge in [0, 0.05) is 21.6 Å². The number of hydrogen-bond donors (Lipinski definition) is 1. The smallest absolute Gasteiger partial charge is 0.160 e. The first kappa shape index (κ1) is 14.8. The summed E-state index contributed by atoms with van der Waals surface area (Å²) in [5.74, 6) is 0.00560. The van der Waals surface area contributed by atoms with Crippen LogP contribution in [0.2, 0.25) is 5.02 Å². The Kier molecular flexibility index (Phi) is 4.99. The summed E-state index contributed by atoms with van der Waals surface area (Å²) in [5, 5.41) is 0.591. The molecule has 0 amide bonds. The Hall–Kier alpha value is -1.58. The molecule has 0 unspecified atom stereocenters. The molecule has 0 aliphatic rings. The Morgan fingerprint density at radius 3 is 2.55 bits per heavy atom. The number of allylic oxidation sites excluding steroid dienone is 1. The zero-order chi connectivity index (χ0) is 14.5. The minimum absolute atomic E-state index is 0.00560. The highest BCUT2D eigenvalue weighted by Gasteiger charge is 2.05. The molecule has 0 aromatic heterocycles. The van der Waals surface area contributed by atoms with Gasteiger partial charge in [0.2, 0.25) is 0 Å². The van der Waals surface area contributed by atoms with Crippen LogP contribution in [0.1, 0.15) is 11.1 Å². The summed E-state index contributed by atoms with van der Waals surface area (Å²) in [5.41, 5.74) is 8.07. The van der Waals surface area contributed by atoms with Crippen LogP contribution < -0.4 is 5.73 Å². The predicted octanol–water partition coefficient (Wildman–Crippen LogP) is 4.51. The number of rotatable bonds is 4. The fraction of sp³-hybridized carbons (Fsp3) is 0.0625. The van der Waals surface area contributed by atoms with Crippen LogP contribution >= 0.6 is 27.5 Å². The normalized spacial score (nSPS) is 10.9. The van der Waals surface area contributed by atoms with E-state index in [1.807, 2.05) is 24.3 Å². The molecule has 0 saturated carbocycles. The van der Waals surface area contributed by atoms with Gasteiger partial charge in [-0.05, 0) is 41.5 Å². The van der Waals surface area contributed by atoms with Gasteiger partial charge < -0.3 is 5.73 Å². The lowest BCUT2D eigenvalue weighted by Gasteiger charge is -2.02. The highest BCUT2D eigenvalue weighted by molar-refractivity contribution is 9.10. The SMILES string of the molecule is Nc1ccc(/C=C/C(=O)Cc2ccc(Br)cc2Cl)cc1. The summed E-state index contributed by atoms with van der Waals surface area (Å²) in [7, 11) is 0. The molecule has 0 radical (unpaired) electrons. The van der Waals surface area contributed by atoms with Crippen LogP contribution in [0, 0.1) is 0 Å². The molecule has 4 heteroatoms. The van der Waals surface area contributed by atoms with Crippen LogP contribution in [0.25, 0.3) is 6.08 Å². The van der Waals surface area contributed by atoms with E-state index in [9.17, 15) is 4.79 Å². The van der Waals surface area contributed by atoms with E-state index in [0.717, 1.165) is 15.6 Å². The molecule has 0 heterocycles. The van der Waals surface area contributed by atoms with Gasteiger partial charge in [0.05, 0.1) is 0 Å². The van der Waals surface area contributed by atoms with E-state index in [4.69, 9.17) is 17.3 Å². The number of nitrogen functional groups attached to an aromatic ring is 1. The first-order valence-corrected chi connectivity index (χ1v) is 7.22. The third-order valence-corrected chi connectivity index (χ3v) is 3.62. The van der Waals surface area contributed by atoms with Gasteiger partial charge in [-0.2, -0.15) is 0 Å². The molecule has 20 heavy (non-hydrogen) atoms. The maximum atomic E-state index is 11.9. The van der Waals surface area contributed by atoms with Crippen molar-refractivity contribution >= 4 is 45.1 Å². The van der Waals surface area contributed by atoms with Crippen molar-refractivity contribution in [2.45, 2.75) is 6.42 Å². The molecule has 0 atom stereocenters. The number of benzene rings is 2. The molecule has 2 nitrogen and oxygen atoms in total. The van der Waals surface area contributed by atoms with Gasteiger partial charge in [0.1, 0.15) is 0 Å². The summed E-state index contributed by atoms with van der Waals surface area (Å²) >= 11 is 9.42. The highest BCUT2D eigenvalue weighted by atomic mass is 79.9. The van der Waals surface area contributed by atoms with Gasteiger partial charge in [-0.15, -0.1) is 0 Å². The van der Waals surface area contributed by atoms with Crippen LogP contribution in [-0.4, -0.2) is 5.78 Å². The van der Waals surface area contributed by atoms with Gasteiger partial charge in [0.25, 0.3) is 0 Å². The van der Waals surface area contributed by atoms with E-state index in [1.165, 1.54) is 0 Å². The number of carbonyl (C=O) groups is 1. The maximum absolute atomic E-state index is 11.9. The Morgan fingerprint density at radius 1 is 1.20 bits per heavy atom. The van der Waals surface area contributed by atoms with Crippen LogP contribution in [-0.2, 0) is 11.2 Å². The summed E-state index contributed by atoms with van der Waals surface area (Å²) < 4.78 is 0.899. The quantitative estimate of drug-likeness (QED) is 0.651. The topological polar surface area (TPSA) is 43.1 Å². The summed E-state index contributed by atoms with van der Waals surface area (Å²) in [6.07, 6.45) is 3.62. The molecule has 0 bridgehead atoms. The Bertz CT molecular complexity index is 650. The van der Waals surface area contributed by atoms with Crippen molar-refractivity contribution in [3.8, 4) is 0 Å². The minimum atomic E-state index is 0.00560. The third-order valence-electron chi connectivity index (χ3n) is 2.78. The summed E-state index contributed by atoms with van der Waals surface area (Å²) in [6, 6.07) is 12.8. The molecular formula is C16H13BrClNO. The van der Waals surface area contributed by atoms with E-state index >= 15 is 0 Å². The second-order valence-corrected chi connectivity index (χ2v) is 5.70. The van der Waals surface area contributed by atoms with Crippen LogP contribution in [0.5, 0.6) is 0 Å². The Morgan fingerprint density at radius 2 is 1.90 bits per heavy atom. The number of carbonyl (C=O) groups excluding carboxylic acids is 1. The van der Waals surface area contributed by atoms with Crippen molar-refractivity contribution in [2.24, 2.45) is 0 Å². The molecule has 0 spiro atoms. The fourth-order valence-electron chi connectivity index (χ4n) is 1.71. The molecule has 0 saturated heterocycles. The Labute approximate surface area is 131 Å². The van der Waals surface area contributed by atoms with Crippen molar-refractivity contribution in [3.63, 3.8) is 0 Å². The number of nitrogens with two attached hydrogens (primary N) is 1. The number of ketones is 1. The fourth-order valence-corrected chi connectivity index (χ4v) is 2.45. The van der Waals surface area contributed by atoms with Gasteiger partial charge in [-0.25, -0.2) is 0 Å². The molecule has 2 aromatic carbocycles. The second-order valence-electron chi connectivity index (χ2n) is 4.38. The minimum Gasteiger partial charge on any atom is -0.399 e. The average Bonchev–Trinajstić information content (AvgIpc) is 2.41. The number of halogens is 2. The lowest BCUT2D eigenvalue weighted by atomic mass is 10.1. The zero-order valence-electron chi connectivity index (χ0n) is 10.6. The maximum Gasteiger partial charge on any atom is 0.160 e. The Balaban J connectivity index is 2.03. The van der Waals surface area contributed by atoms with Crippen molar-refractivity contribution in [2.75, 3.05) is 5.73 Å². The monoisotopic (exact) mass is 349 g/mol. The largest absolute Gasteiger partial charge is 0.399 e. The van der Waals surface area contributed by atoms with Crippen molar-refractivity contribution in [1.82, 2.24) is 0 Å². The molecule has 0 aliphatic heterocycles. The van der Waals surface area contributed by atoms with Gasteiger partial charge in [-0.1, -0.05) is 51.8 Å².